The van der Waals surface area contributed by atoms with Crippen LogP contribution in [-0.2, 0) is 6.42 Å². The van der Waals surface area contributed by atoms with Gasteiger partial charge in [-0.05, 0) is 19.1 Å². The average Bonchev–Trinajstić information content (AvgIpc) is 2.45. The third kappa shape index (κ3) is 3.32. The normalized spacial score (nSPS) is 10.3. The van der Waals surface area contributed by atoms with E-state index in [9.17, 15) is 9.59 Å². The van der Waals surface area contributed by atoms with Crippen molar-refractivity contribution in [2.75, 3.05) is 13.6 Å². The number of aryl methyl sites for hydroxylation is 1. The summed E-state index contributed by atoms with van der Waals surface area (Å²) >= 11 is 0. The summed E-state index contributed by atoms with van der Waals surface area (Å²) in [6, 6.07) is 7.11. The molecule has 0 saturated heterocycles. The molecule has 2 heterocycles. The molecule has 0 unspecified atom stereocenters. The second-order valence-electron chi connectivity index (χ2n) is 4.69. The van der Waals surface area contributed by atoms with Crippen molar-refractivity contribution in [3.05, 3.63) is 63.8 Å². The van der Waals surface area contributed by atoms with Crippen molar-refractivity contribution in [1.82, 2.24) is 14.9 Å². The fourth-order valence-corrected chi connectivity index (χ4v) is 1.88. The van der Waals surface area contributed by atoms with Gasteiger partial charge in [0.2, 0.25) is 0 Å². The maximum Gasteiger partial charge on any atom is 0.259 e. The van der Waals surface area contributed by atoms with Crippen LogP contribution in [0.15, 0.2) is 41.5 Å². The van der Waals surface area contributed by atoms with E-state index < -0.39 is 0 Å². The van der Waals surface area contributed by atoms with Crippen LogP contribution >= 0.6 is 0 Å². The van der Waals surface area contributed by atoms with Crippen LogP contribution < -0.4 is 5.43 Å². The number of nitrogens with zero attached hydrogens (tertiary/aromatic N) is 2. The number of carbonyl (C=O) groups excluding carboxylic acids is 1. The van der Waals surface area contributed by atoms with Crippen molar-refractivity contribution >= 4 is 5.91 Å². The molecule has 0 radical (unpaired) electrons. The first-order valence-corrected chi connectivity index (χ1v) is 6.42. The second kappa shape index (κ2) is 6.14. The number of likely N-dealkylation sites (N-methyl/N-ethyl adjacent to an activating group) is 1. The summed E-state index contributed by atoms with van der Waals surface area (Å²) in [7, 11) is 1.69. The molecule has 2 rings (SSSR count). The lowest BCUT2D eigenvalue weighted by molar-refractivity contribution is 0.0794. The standard InChI is InChI=1S/C15H17N3O2/c1-11-9-14(19)13(10-17-11)15(20)18(2)8-6-12-5-3-4-7-16-12/h3-5,7,9-10H,6,8H2,1-2H3,(H,17,19). The molecule has 1 amide bonds. The summed E-state index contributed by atoms with van der Waals surface area (Å²) in [5.41, 5.74) is 1.57. The Morgan fingerprint density at radius 1 is 1.40 bits per heavy atom. The first kappa shape index (κ1) is 14.0. The molecule has 2 aromatic heterocycles. The molecule has 0 fully saturated rings. The zero-order valence-corrected chi connectivity index (χ0v) is 11.6. The van der Waals surface area contributed by atoms with Gasteiger partial charge in [-0.1, -0.05) is 6.07 Å². The Morgan fingerprint density at radius 2 is 2.20 bits per heavy atom. The van der Waals surface area contributed by atoms with Gasteiger partial charge in [0.05, 0.1) is 0 Å². The van der Waals surface area contributed by atoms with Crippen molar-refractivity contribution in [3.8, 4) is 0 Å². The van der Waals surface area contributed by atoms with Crippen molar-refractivity contribution in [1.29, 1.82) is 0 Å². The number of amides is 1. The van der Waals surface area contributed by atoms with Gasteiger partial charge in [-0.2, -0.15) is 0 Å². The minimum absolute atomic E-state index is 0.166. The van der Waals surface area contributed by atoms with Gasteiger partial charge in [0.1, 0.15) is 5.56 Å². The van der Waals surface area contributed by atoms with Crippen molar-refractivity contribution in [2.24, 2.45) is 0 Å². The summed E-state index contributed by atoms with van der Waals surface area (Å²) in [4.78, 5) is 32.6. The Hall–Kier alpha value is -2.43. The molecule has 0 aliphatic heterocycles. The van der Waals surface area contributed by atoms with Gasteiger partial charge in [0.15, 0.2) is 5.43 Å². The highest BCUT2D eigenvalue weighted by molar-refractivity contribution is 5.93. The maximum absolute atomic E-state index is 12.2. The number of hydrogen-bond donors (Lipinski definition) is 1. The topological polar surface area (TPSA) is 66.1 Å². The van der Waals surface area contributed by atoms with Crippen LogP contribution in [0.4, 0.5) is 0 Å². The van der Waals surface area contributed by atoms with E-state index in [1.54, 1.807) is 20.2 Å². The van der Waals surface area contributed by atoms with Gasteiger partial charge in [-0.15, -0.1) is 0 Å². The Kier molecular flexibility index (Phi) is 4.30. The molecule has 0 bridgehead atoms. The number of carbonyl (C=O) groups is 1. The van der Waals surface area contributed by atoms with E-state index in [0.717, 1.165) is 11.4 Å². The number of aromatic amines is 1. The van der Waals surface area contributed by atoms with Crippen molar-refractivity contribution in [2.45, 2.75) is 13.3 Å². The third-order valence-corrected chi connectivity index (χ3v) is 3.06. The van der Waals surface area contributed by atoms with Gasteiger partial charge in [0.25, 0.3) is 5.91 Å². The summed E-state index contributed by atoms with van der Waals surface area (Å²) < 4.78 is 0. The quantitative estimate of drug-likeness (QED) is 0.914. The monoisotopic (exact) mass is 271 g/mol. The van der Waals surface area contributed by atoms with Gasteiger partial charge >= 0.3 is 0 Å². The van der Waals surface area contributed by atoms with Crippen LogP contribution in [0.25, 0.3) is 0 Å². The maximum atomic E-state index is 12.2. The largest absolute Gasteiger partial charge is 0.364 e. The zero-order valence-electron chi connectivity index (χ0n) is 11.6. The van der Waals surface area contributed by atoms with Gasteiger partial charge in [0, 0.05) is 49.9 Å². The Labute approximate surface area is 117 Å². The van der Waals surface area contributed by atoms with Gasteiger partial charge < -0.3 is 9.88 Å². The Balaban J connectivity index is 2.03. The van der Waals surface area contributed by atoms with E-state index in [1.807, 2.05) is 18.2 Å². The lowest BCUT2D eigenvalue weighted by atomic mass is 10.2. The molecular weight excluding hydrogens is 254 g/mol. The number of aromatic nitrogens is 2. The third-order valence-electron chi connectivity index (χ3n) is 3.06. The first-order chi connectivity index (χ1) is 9.58. The smallest absolute Gasteiger partial charge is 0.259 e. The van der Waals surface area contributed by atoms with Gasteiger partial charge in [-0.3, -0.25) is 14.6 Å². The molecule has 0 aliphatic carbocycles. The fraction of sp³-hybridized carbons (Fsp3) is 0.267. The summed E-state index contributed by atoms with van der Waals surface area (Å²) in [5, 5.41) is 0. The van der Waals surface area contributed by atoms with E-state index in [4.69, 9.17) is 0 Å². The Morgan fingerprint density at radius 3 is 2.85 bits per heavy atom. The van der Waals surface area contributed by atoms with E-state index in [1.165, 1.54) is 17.2 Å². The molecule has 0 spiro atoms. The summed E-state index contributed by atoms with van der Waals surface area (Å²) in [5.74, 6) is -0.276. The minimum atomic E-state index is -0.276. The van der Waals surface area contributed by atoms with Crippen LogP contribution in [0.2, 0.25) is 0 Å². The molecule has 20 heavy (non-hydrogen) atoms. The second-order valence-corrected chi connectivity index (χ2v) is 4.69. The molecule has 0 atom stereocenters. The predicted molar refractivity (Wildman–Crippen MR) is 76.7 cm³/mol. The number of pyridine rings is 2. The zero-order chi connectivity index (χ0) is 14.5. The molecule has 5 heteroatoms. The summed E-state index contributed by atoms with van der Waals surface area (Å²) in [6.07, 6.45) is 3.85. The first-order valence-electron chi connectivity index (χ1n) is 6.42. The van der Waals surface area contributed by atoms with E-state index in [2.05, 4.69) is 9.97 Å². The van der Waals surface area contributed by atoms with Crippen molar-refractivity contribution in [3.63, 3.8) is 0 Å². The van der Waals surface area contributed by atoms with Gasteiger partial charge in [-0.25, -0.2) is 0 Å². The summed E-state index contributed by atoms with van der Waals surface area (Å²) in [6.45, 7) is 2.30. The van der Waals surface area contributed by atoms with Crippen LogP contribution in [0.5, 0.6) is 0 Å². The molecule has 2 aromatic rings. The van der Waals surface area contributed by atoms with E-state index in [0.29, 0.717) is 13.0 Å². The van der Waals surface area contributed by atoms with E-state index in [-0.39, 0.29) is 16.9 Å². The SMILES string of the molecule is Cc1cc(=O)c(C(=O)N(C)CCc2ccccn2)c[nH]1. The molecular formula is C15H17N3O2. The predicted octanol–water partition coefficient (Wildman–Crippen LogP) is 1.39. The number of hydrogen-bond acceptors (Lipinski definition) is 3. The Bertz CT molecular complexity index is 650. The number of rotatable bonds is 4. The molecule has 0 aliphatic rings. The van der Waals surface area contributed by atoms with E-state index >= 15 is 0 Å². The van der Waals surface area contributed by atoms with Crippen LogP contribution in [-0.4, -0.2) is 34.4 Å². The molecule has 1 N–H and O–H groups in total. The molecule has 0 aromatic carbocycles. The van der Waals surface area contributed by atoms with Crippen molar-refractivity contribution < 1.29 is 4.79 Å². The highest BCUT2D eigenvalue weighted by Gasteiger charge is 2.15. The fourth-order valence-electron chi connectivity index (χ4n) is 1.88. The van der Waals surface area contributed by atoms with Crippen LogP contribution in [0.1, 0.15) is 21.7 Å². The average molecular weight is 271 g/mol. The number of H-pyrrole nitrogens is 1. The van der Waals surface area contributed by atoms with Crippen LogP contribution in [0, 0.1) is 6.92 Å². The molecule has 0 saturated carbocycles. The molecule has 104 valence electrons. The lowest BCUT2D eigenvalue weighted by Crippen LogP contribution is -2.32. The minimum Gasteiger partial charge on any atom is -0.364 e. The highest BCUT2D eigenvalue weighted by Crippen LogP contribution is 2.01. The highest BCUT2D eigenvalue weighted by atomic mass is 16.2. The number of nitrogens with one attached hydrogen (secondary N) is 1. The lowest BCUT2D eigenvalue weighted by Gasteiger charge is -2.16. The van der Waals surface area contributed by atoms with Crippen LogP contribution in [0.3, 0.4) is 0 Å². The molecule has 5 nitrogen and oxygen atoms in total.